The van der Waals surface area contributed by atoms with Gasteiger partial charge in [0.25, 0.3) is 0 Å². The number of hydrogen-bond acceptors (Lipinski definition) is 2. The van der Waals surface area contributed by atoms with Crippen LogP contribution in [-0.2, 0) is 0 Å². The van der Waals surface area contributed by atoms with Gasteiger partial charge in [-0.3, -0.25) is 0 Å². The molecule has 17 heavy (non-hydrogen) atoms. The second kappa shape index (κ2) is 5.03. The average Bonchev–Trinajstić information content (AvgIpc) is 2.43. The van der Waals surface area contributed by atoms with Crippen molar-refractivity contribution in [3.8, 4) is 8.17 Å². The average molecular weight is 325 g/mol. The first kappa shape index (κ1) is 11.7. The van der Waals surface area contributed by atoms with Gasteiger partial charge in [0.2, 0.25) is 0 Å². The molecule has 0 aliphatic rings. The molecule has 2 nitrogen and oxygen atoms in total. The zero-order chi connectivity index (χ0) is 12.1. The Kier molecular flexibility index (Phi) is 3.46. The third-order valence-electron chi connectivity index (χ3n) is 2.75. The third-order valence-corrected chi connectivity index (χ3v) is 11.5. The minimum absolute atomic E-state index is 0.915. The molecule has 0 aliphatic carbocycles. The number of rotatable bonds is 2. The van der Waals surface area contributed by atoms with Crippen molar-refractivity contribution < 1.29 is 0 Å². The first-order chi connectivity index (χ1) is 8.33. The van der Waals surface area contributed by atoms with Crippen molar-refractivity contribution in [1.82, 2.24) is 0 Å². The SMILES string of the molecule is N#[C][Sn]([C]#N)([c]1ccccc1)[c]1ccccc1. The molecular weight excluding hydrogens is 315 g/mol. The van der Waals surface area contributed by atoms with Crippen molar-refractivity contribution in [2.24, 2.45) is 0 Å². The van der Waals surface area contributed by atoms with Gasteiger partial charge in [0, 0.05) is 0 Å². The molecule has 0 radical (unpaired) electrons. The molecule has 2 rings (SSSR count). The van der Waals surface area contributed by atoms with Crippen LogP contribution in [-0.4, -0.2) is 18.4 Å². The number of nitriles is 2. The molecule has 0 saturated carbocycles. The van der Waals surface area contributed by atoms with Crippen molar-refractivity contribution in [3.05, 3.63) is 60.7 Å². The topological polar surface area (TPSA) is 47.6 Å². The van der Waals surface area contributed by atoms with Gasteiger partial charge in [-0.1, -0.05) is 0 Å². The zero-order valence-electron chi connectivity index (χ0n) is 9.17. The molecule has 3 heteroatoms. The molecule has 0 amide bonds. The first-order valence-electron chi connectivity index (χ1n) is 5.27. The van der Waals surface area contributed by atoms with Crippen LogP contribution in [0.1, 0.15) is 0 Å². The van der Waals surface area contributed by atoms with Crippen molar-refractivity contribution in [2.45, 2.75) is 0 Å². The molecule has 0 atom stereocenters. The monoisotopic (exact) mass is 326 g/mol. The van der Waals surface area contributed by atoms with Gasteiger partial charge in [-0.2, -0.15) is 0 Å². The van der Waals surface area contributed by atoms with Crippen LogP contribution in [0.2, 0.25) is 0 Å². The van der Waals surface area contributed by atoms with Gasteiger partial charge in [0.05, 0.1) is 0 Å². The second-order valence-corrected chi connectivity index (χ2v) is 12.6. The normalized spacial score (nSPS) is 10.2. The summed E-state index contributed by atoms with van der Waals surface area (Å²) in [6, 6.07) is 18.9. The Labute approximate surface area is 105 Å². The van der Waals surface area contributed by atoms with E-state index in [4.69, 9.17) is 0 Å². The summed E-state index contributed by atoms with van der Waals surface area (Å²) in [6.07, 6.45) is 0. The first-order valence-corrected chi connectivity index (χ1v) is 11.0. The van der Waals surface area contributed by atoms with Gasteiger partial charge in [0.15, 0.2) is 0 Å². The van der Waals surface area contributed by atoms with E-state index in [1.54, 1.807) is 0 Å². The Hall–Kier alpha value is -1.78. The maximum atomic E-state index is 9.50. The minimum atomic E-state index is -3.74. The van der Waals surface area contributed by atoms with Crippen LogP contribution in [0.4, 0.5) is 0 Å². The Morgan fingerprint density at radius 2 is 1.00 bits per heavy atom. The van der Waals surface area contributed by atoms with Crippen LogP contribution in [0.15, 0.2) is 60.7 Å². The molecule has 2 aromatic rings. The Morgan fingerprint density at radius 1 is 0.647 bits per heavy atom. The summed E-state index contributed by atoms with van der Waals surface area (Å²) < 4.78 is 6.52. The quantitative estimate of drug-likeness (QED) is 0.783. The van der Waals surface area contributed by atoms with Gasteiger partial charge in [0.1, 0.15) is 0 Å². The predicted octanol–water partition coefficient (Wildman–Crippen LogP) is 1.38. The molecule has 0 N–H and O–H groups in total. The summed E-state index contributed by atoms with van der Waals surface area (Å²) in [5.74, 6) is 0. The number of benzene rings is 2. The van der Waals surface area contributed by atoms with E-state index >= 15 is 0 Å². The van der Waals surface area contributed by atoms with Gasteiger partial charge < -0.3 is 0 Å². The van der Waals surface area contributed by atoms with Gasteiger partial charge in [-0.05, 0) is 0 Å². The van der Waals surface area contributed by atoms with E-state index < -0.39 is 18.4 Å². The molecule has 2 aromatic carbocycles. The van der Waals surface area contributed by atoms with Crippen molar-refractivity contribution in [3.63, 3.8) is 0 Å². The summed E-state index contributed by atoms with van der Waals surface area (Å²) in [5, 5.41) is 19.0. The van der Waals surface area contributed by atoms with Crippen LogP contribution in [0.5, 0.6) is 0 Å². The fraction of sp³-hybridized carbons (Fsp3) is 0. The summed E-state index contributed by atoms with van der Waals surface area (Å²) in [7, 11) is 0. The molecule has 0 heterocycles. The molecular formula is C14H10N2Sn. The van der Waals surface area contributed by atoms with Crippen molar-refractivity contribution in [1.29, 1.82) is 10.5 Å². The van der Waals surface area contributed by atoms with Crippen LogP contribution in [0, 0.1) is 18.7 Å². The second-order valence-electron chi connectivity index (χ2n) is 3.71. The van der Waals surface area contributed by atoms with E-state index in [-0.39, 0.29) is 0 Å². The van der Waals surface area contributed by atoms with Crippen LogP contribution < -0.4 is 7.16 Å². The van der Waals surface area contributed by atoms with Crippen molar-refractivity contribution in [2.75, 3.05) is 0 Å². The summed E-state index contributed by atoms with van der Waals surface area (Å²) in [4.78, 5) is 0. The van der Waals surface area contributed by atoms with Gasteiger partial charge in [-0.25, -0.2) is 0 Å². The molecule has 80 valence electrons. The van der Waals surface area contributed by atoms with Gasteiger partial charge in [-0.15, -0.1) is 0 Å². The molecule has 0 aromatic heterocycles. The Bertz CT molecular complexity index is 524. The van der Waals surface area contributed by atoms with E-state index in [1.165, 1.54) is 0 Å². The predicted molar refractivity (Wildman–Crippen MR) is 69.1 cm³/mol. The molecule has 0 unspecified atom stereocenters. The van der Waals surface area contributed by atoms with E-state index in [2.05, 4.69) is 8.17 Å². The number of nitrogens with zero attached hydrogens (tertiary/aromatic N) is 2. The molecule has 0 aliphatic heterocycles. The molecule has 0 spiro atoms. The number of hydrogen-bond donors (Lipinski definition) is 0. The Balaban J connectivity index is 2.65. The summed E-state index contributed by atoms with van der Waals surface area (Å²) in [5.41, 5.74) is 0. The summed E-state index contributed by atoms with van der Waals surface area (Å²) in [6.45, 7) is 0. The third kappa shape index (κ3) is 2.05. The van der Waals surface area contributed by atoms with Crippen LogP contribution in [0.25, 0.3) is 0 Å². The standard InChI is InChI=1S/2C6H5.2CN.Sn/c2*1-2-4-6-5-3-1;2*1-2;/h2*1-5H;;;. The maximum absolute atomic E-state index is 9.50. The zero-order valence-corrected chi connectivity index (χ0v) is 12.0. The molecule has 0 saturated heterocycles. The molecule has 0 fully saturated rings. The van der Waals surface area contributed by atoms with E-state index in [0.29, 0.717) is 0 Å². The summed E-state index contributed by atoms with van der Waals surface area (Å²) >= 11 is -3.74. The van der Waals surface area contributed by atoms with E-state index in [0.717, 1.165) is 7.16 Å². The van der Waals surface area contributed by atoms with Crippen molar-refractivity contribution >= 4 is 25.5 Å². The van der Waals surface area contributed by atoms with Crippen LogP contribution >= 0.6 is 0 Å². The van der Waals surface area contributed by atoms with E-state index in [1.807, 2.05) is 60.7 Å². The van der Waals surface area contributed by atoms with Crippen LogP contribution in [0.3, 0.4) is 0 Å². The fourth-order valence-electron chi connectivity index (χ4n) is 1.83. The fourth-order valence-corrected chi connectivity index (χ4v) is 8.35. The van der Waals surface area contributed by atoms with Gasteiger partial charge >= 0.3 is 105 Å². The Morgan fingerprint density at radius 3 is 1.29 bits per heavy atom. The van der Waals surface area contributed by atoms with E-state index in [9.17, 15) is 10.5 Å². The molecule has 0 bridgehead atoms.